The van der Waals surface area contributed by atoms with Gasteiger partial charge in [-0.3, -0.25) is 9.59 Å². The summed E-state index contributed by atoms with van der Waals surface area (Å²) in [5.41, 5.74) is 1.60. The molecule has 0 unspecified atom stereocenters. The smallest absolute Gasteiger partial charge is 0.246 e. The highest BCUT2D eigenvalue weighted by Crippen LogP contribution is 2.34. The Morgan fingerprint density at radius 1 is 1.21 bits per heavy atom. The number of rotatable bonds is 5. The van der Waals surface area contributed by atoms with Crippen LogP contribution in [0.1, 0.15) is 10.4 Å². The summed E-state index contributed by atoms with van der Waals surface area (Å²) in [6, 6.07) is 13.9. The molecule has 0 atom stereocenters. The molecule has 0 saturated carbocycles. The first kappa shape index (κ1) is 18.6. The maximum Gasteiger partial charge on any atom is 0.246 e. The number of fused-ring (bicyclic) bond motifs is 1. The number of nitrogens with one attached hydrogen (secondary N) is 1. The maximum absolute atomic E-state index is 13.3. The number of benzene rings is 2. The van der Waals surface area contributed by atoms with Crippen molar-refractivity contribution in [2.45, 2.75) is 11.3 Å². The van der Waals surface area contributed by atoms with E-state index in [0.29, 0.717) is 17.3 Å². The molecule has 0 bridgehead atoms. The van der Waals surface area contributed by atoms with Crippen molar-refractivity contribution in [3.05, 3.63) is 71.0 Å². The number of hydrogen-bond donors (Lipinski definition) is 1. The van der Waals surface area contributed by atoms with E-state index in [1.54, 1.807) is 12.3 Å². The van der Waals surface area contributed by atoms with Crippen LogP contribution in [0, 0.1) is 5.82 Å². The first-order valence-corrected chi connectivity index (χ1v) is 10.4. The molecule has 142 valence electrons. The Morgan fingerprint density at radius 2 is 2.07 bits per heavy atom. The summed E-state index contributed by atoms with van der Waals surface area (Å²) in [6.07, 6.45) is 2.21. The molecule has 3 aromatic rings. The van der Waals surface area contributed by atoms with Gasteiger partial charge >= 0.3 is 0 Å². The lowest BCUT2D eigenvalue weighted by molar-refractivity contribution is -0.120. The van der Waals surface area contributed by atoms with Crippen molar-refractivity contribution in [1.82, 2.24) is 4.98 Å². The molecule has 28 heavy (non-hydrogen) atoms. The lowest BCUT2D eigenvalue weighted by Gasteiger charge is -2.28. The Labute approximate surface area is 169 Å². The molecule has 1 N–H and O–H groups in total. The molecule has 0 spiro atoms. The zero-order valence-electron chi connectivity index (χ0n) is 14.7. The van der Waals surface area contributed by atoms with Crippen molar-refractivity contribution >= 4 is 45.7 Å². The van der Waals surface area contributed by atoms with Crippen molar-refractivity contribution in [1.29, 1.82) is 0 Å². The molecular formula is C20H16FN3O2S2. The molecule has 2 heterocycles. The molecule has 1 aliphatic rings. The summed E-state index contributed by atoms with van der Waals surface area (Å²) in [5, 5.41) is 3.21. The third kappa shape index (κ3) is 4.23. The van der Waals surface area contributed by atoms with Crippen LogP contribution in [0.2, 0.25) is 0 Å². The predicted molar refractivity (Wildman–Crippen MR) is 109 cm³/mol. The van der Waals surface area contributed by atoms with Crippen LogP contribution in [-0.4, -0.2) is 29.1 Å². The highest BCUT2D eigenvalue weighted by molar-refractivity contribution is 8.00. The molecule has 0 aliphatic carbocycles. The minimum Gasteiger partial charge on any atom is -0.301 e. The second-order valence-corrected chi connectivity index (χ2v) is 8.36. The van der Waals surface area contributed by atoms with Gasteiger partial charge in [0.1, 0.15) is 12.4 Å². The van der Waals surface area contributed by atoms with Crippen molar-refractivity contribution in [3.63, 3.8) is 0 Å². The predicted octanol–water partition coefficient (Wildman–Crippen LogP) is 3.95. The lowest BCUT2D eigenvalue weighted by atomic mass is 10.1. The van der Waals surface area contributed by atoms with Crippen molar-refractivity contribution < 1.29 is 14.0 Å². The van der Waals surface area contributed by atoms with Crippen LogP contribution in [-0.2, 0) is 16.0 Å². The number of aromatic nitrogens is 1. The van der Waals surface area contributed by atoms with E-state index < -0.39 is 0 Å². The van der Waals surface area contributed by atoms with Gasteiger partial charge in [0.15, 0.2) is 5.13 Å². The molecule has 5 nitrogen and oxygen atoms in total. The average molecular weight is 413 g/mol. The topological polar surface area (TPSA) is 62.3 Å². The molecular weight excluding hydrogens is 397 g/mol. The van der Waals surface area contributed by atoms with Gasteiger partial charge in [0.25, 0.3) is 0 Å². The second kappa shape index (κ2) is 8.12. The minimum atomic E-state index is -0.304. The normalized spacial score (nSPS) is 13.3. The number of thiazole rings is 1. The van der Waals surface area contributed by atoms with Gasteiger partial charge in [-0.05, 0) is 29.8 Å². The van der Waals surface area contributed by atoms with E-state index in [-0.39, 0.29) is 24.2 Å². The molecule has 1 aromatic heterocycles. The molecule has 2 aromatic carbocycles. The van der Waals surface area contributed by atoms with Crippen LogP contribution >= 0.6 is 23.1 Å². The van der Waals surface area contributed by atoms with E-state index in [0.717, 1.165) is 21.0 Å². The third-order valence-corrected chi connectivity index (χ3v) is 6.14. The van der Waals surface area contributed by atoms with Crippen LogP contribution in [0.5, 0.6) is 0 Å². The third-order valence-electron chi connectivity index (χ3n) is 4.18. The number of amides is 2. The number of thioether (sulfide) groups is 1. The standard InChI is InChI=1S/C20H16FN3O2S2/c21-14-5-3-4-13(8-14)9-15-10-22-20(28-15)23-18(25)11-24-16-6-1-2-7-17(16)27-12-19(24)26/h1-8,10H,9,11-12H2,(H,22,23,25). The van der Waals surface area contributed by atoms with E-state index in [2.05, 4.69) is 10.3 Å². The number of anilines is 2. The highest BCUT2D eigenvalue weighted by Gasteiger charge is 2.26. The van der Waals surface area contributed by atoms with Crippen LogP contribution in [0.3, 0.4) is 0 Å². The lowest BCUT2D eigenvalue weighted by Crippen LogP contribution is -2.41. The molecule has 0 radical (unpaired) electrons. The fourth-order valence-corrected chi connectivity index (χ4v) is 4.72. The summed E-state index contributed by atoms with van der Waals surface area (Å²) in [7, 11) is 0. The summed E-state index contributed by atoms with van der Waals surface area (Å²) in [5.74, 6) is -0.356. The summed E-state index contributed by atoms with van der Waals surface area (Å²) < 4.78 is 13.3. The van der Waals surface area contributed by atoms with E-state index in [1.807, 2.05) is 30.3 Å². The van der Waals surface area contributed by atoms with E-state index >= 15 is 0 Å². The Morgan fingerprint density at radius 3 is 2.93 bits per heavy atom. The fraction of sp³-hybridized carbons (Fsp3) is 0.150. The fourth-order valence-electron chi connectivity index (χ4n) is 2.92. The Bertz CT molecular complexity index is 1040. The van der Waals surface area contributed by atoms with Gasteiger partial charge in [-0.1, -0.05) is 24.3 Å². The van der Waals surface area contributed by atoms with Crippen LogP contribution in [0.25, 0.3) is 0 Å². The number of carbonyl (C=O) groups excluding carboxylic acids is 2. The van der Waals surface area contributed by atoms with Crippen molar-refractivity contribution in [2.75, 3.05) is 22.5 Å². The molecule has 8 heteroatoms. The first-order valence-electron chi connectivity index (χ1n) is 8.60. The monoisotopic (exact) mass is 413 g/mol. The quantitative estimate of drug-likeness (QED) is 0.688. The number of hydrogen-bond acceptors (Lipinski definition) is 5. The summed E-state index contributed by atoms with van der Waals surface area (Å²) >= 11 is 2.81. The van der Waals surface area contributed by atoms with Gasteiger partial charge in [-0.15, -0.1) is 23.1 Å². The first-order chi connectivity index (χ1) is 13.6. The van der Waals surface area contributed by atoms with Crippen LogP contribution in [0.4, 0.5) is 15.2 Å². The molecule has 4 rings (SSSR count). The van der Waals surface area contributed by atoms with Gasteiger partial charge in [0.05, 0.1) is 11.4 Å². The number of halogens is 1. The summed E-state index contributed by atoms with van der Waals surface area (Å²) in [4.78, 5) is 32.3. The maximum atomic E-state index is 13.3. The van der Waals surface area contributed by atoms with E-state index in [1.165, 1.54) is 40.1 Å². The SMILES string of the molecule is O=C(CN1C(=O)CSc2ccccc21)Nc1ncc(Cc2cccc(F)c2)s1. The average Bonchev–Trinajstić information content (AvgIpc) is 3.11. The molecule has 0 saturated heterocycles. The van der Waals surface area contributed by atoms with Gasteiger partial charge in [0, 0.05) is 22.4 Å². The van der Waals surface area contributed by atoms with E-state index in [4.69, 9.17) is 0 Å². The largest absolute Gasteiger partial charge is 0.301 e. The van der Waals surface area contributed by atoms with Crippen LogP contribution < -0.4 is 10.2 Å². The Hall–Kier alpha value is -2.71. The zero-order chi connectivity index (χ0) is 19.5. The van der Waals surface area contributed by atoms with Gasteiger partial charge in [-0.2, -0.15) is 0 Å². The minimum absolute atomic E-state index is 0.0603. The van der Waals surface area contributed by atoms with E-state index in [9.17, 15) is 14.0 Å². The second-order valence-electron chi connectivity index (χ2n) is 6.22. The molecule has 2 amide bonds. The number of carbonyl (C=O) groups is 2. The van der Waals surface area contributed by atoms with Gasteiger partial charge in [0.2, 0.25) is 11.8 Å². The Balaban J connectivity index is 1.41. The Kier molecular flexibility index (Phi) is 5.40. The van der Waals surface area contributed by atoms with Gasteiger partial charge in [-0.25, -0.2) is 9.37 Å². The van der Waals surface area contributed by atoms with Crippen LogP contribution in [0.15, 0.2) is 59.6 Å². The number of para-hydroxylation sites is 1. The van der Waals surface area contributed by atoms with Gasteiger partial charge < -0.3 is 10.2 Å². The highest BCUT2D eigenvalue weighted by atomic mass is 32.2. The van der Waals surface area contributed by atoms with Crippen molar-refractivity contribution in [2.24, 2.45) is 0 Å². The summed E-state index contributed by atoms with van der Waals surface area (Å²) in [6.45, 7) is -0.0603. The number of nitrogens with zero attached hydrogens (tertiary/aromatic N) is 2. The molecule has 1 aliphatic heterocycles. The molecule has 0 fully saturated rings. The van der Waals surface area contributed by atoms with Crippen molar-refractivity contribution in [3.8, 4) is 0 Å². The zero-order valence-corrected chi connectivity index (χ0v) is 16.4.